The van der Waals surface area contributed by atoms with Crippen LogP contribution in [0.4, 0.5) is 0 Å². The molecule has 2 aliphatic rings. The SMILES string of the molecule is COC(=O)C12COc3ccccc3C1N(C)CC2c1ccc(Cl)cc1. The van der Waals surface area contributed by atoms with E-state index >= 15 is 0 Å². The number of benzene rings is 2. The van der Waals surface area contributed by atoms with Crippen molar-refractivity contribution in [3.63, 3.8) is 0 Å². The number of nitrogens with zero attached hydrogens (tertiary/aromatic N) is 1. The number of hydrogen-bond donors (Lipinski definition) is 0. The van der Waals surface area contributed by atoms with Gasteiger partial charge in [-0.05, 0) is 30.8 Å². The fourth-order valence-corrected chi connectivity index (χ4v) is 4.60. The summed E-state index contributed by atoms with van der Waals surface area (Å²) in [6, 6.07) is 15.6. The number of rotatable bonds is 2. The number of likely N-dealkylation sites (tertiary alicyclic amines) is 1. The molecule has 130 valence electrons. The Morgan fingerprint density at radius 2 is 1.96 bits per heavy atom. The van der Waals surface area contributed by atoms with Gasteiger partial charge in [0.05, 0.1) is 13.2 Å². The molecule has 3 atom stereocenters. The number of esters is 1. The molecular weight excluding hydrogens is 338 g/mol. The molecule has 0 radical (unpaired) electrons. The van der Waals surface area contributed by atoms with Gasteiger partial charge in [-0.3, -0.25) is 9.69 Å². The highest BCUT2D eigenvalue weighted by molar-refractivity contribution is 6.30. The Labute approximate surface area is 152 Å². The topological polar surface area (TPSA) is 38.8 Å². The van der Waals surface area contributed by atoms with Crippen molar-refractivity contribution in [1.29, 1.82) is 0 Å². The highest BCUT2D eigenvalue weighted by Crippen LogP contribution is 2.58. The van der Waals surface area contributed by atoms with Crippen LogP contribution in [0, 0.1) is 5.41 Å². The summed E-state index contributed by atoms with van der Waals surface area (Å²) < 4.78 is 11.3. The molecule has 0 amide bonds. The second-order valence-electron chi connectivity index (χ2n) is 6.80. The lowest BCUT2D eigenvalue weighted by atomic mass is 9.68. The molecule has 5 heteroatoms. The Hall–Kier alpha value is -2.04. The van der Waals surface area contributed by atoms with Crippen LogP contribution in [0.25, 0.3) is 0 Å². The minimum atomic E-state index is -0.772. The molecule has 4 nitrogen and oxygen atoms in total. The average Bonchev–Trinajstić information content (AvgIpc) is 2.96. The zero-order valence-electron chi connectivity index (χ0n) is 14.2. The van der Waals surface area contributed by atoms with Gasteiger partial charge in [0.1, 0.15) is 17.8 Å². The van der Waals surface area contributed by atoms with Gasteiger partial charge in [0.25, 0.3) is 0 Å². The van der Waals surface area contributed by atoms with Crippen LogP contribution < -0.4 is 4.74 Å². The molecule has 25 heavy (non-hydrogen) atoms. The van der Waals surface area contributed by atoms with Crippen LogP contribution in [0.2, 0.25) is 5.02 Å². The molecule has 4 rings (SSSR count). The Morgan fingerprint density at radius 1 is 1.24 bits per heavy atom. The molecule has 2 aromatic rings. The van der Waals surface area contributed by atoms with Gasteiger partial charge in [-0.1, -0.05) is 41.9 Å². The Kier molecular flexibility index (Phi) is 3.97. The third-order valence-corrected chi connectivity index (χ3v) is 5.79. The number of fused-ring (bicyclic) bond motifs is 3. The minimum absolute atomic E-state index is 0.0272. The molecule has 0 N–H and O–H groups in total. The third kappa shape index (κ3) is 2.35. The summed E-state index contributed by atoms with van der Waals surface area (Å²) in [6.45, 7) is 1.05. The summed E-state index contributed by atoms with van der Waals surface area (Å²) in [6.07, 6.45) is 0. The van der Waals surface area contributed by atoms with E-state index in [4.69, 9.17) is 21.1 Å². The summed E-state index contributed by atoms with van der Waals surface area (Å²) in [5, 5.41) is 0.684. The molecule has 0 bridgehead atoms. The van der Waals surface area contributed by atoms with Crippen molar-refractivity contribution in [2.45, 2.75) is 12.0 Å². The number of carbonyl (C=O) groups excluding carboxylic acids is 1. The van der Waals surface area contributed by atoms with E-state index in [1.165, 1.54) is 7.11 Å². The summed E-state index contributed by atoms with van der Waals surface area (Å²) in [5.41, 5.74) is 1.34. The molecule has 0 spiro atoms. The molecule has 0 aromatic heterocycles. The van der Waals surface area contributed by atoms with Gasteiger partial charge < -0.3 is 9.47 Å². The Balaban J connectivity index is 1.88. The van der Waals surface area contributed by atoms with Crippen LogP contribution in [0.15, 0.2) is 48.5 Å². The number of halogens is 1. The van der Waals surface area contributed by atoms with Crippen molar-refractivity contribution in [3.8, 4) is 5.75 Å². The van der Waals surface area contributed by atoms with E-state index in [9.17, 15) is 4.79 Å². The van der Waals surface area contributed by atoms with E-state index in [0.29, 0.717) is 11.6 Å². The van der Waals surface area contributed by atoms with Crippen molar-refractivity contribution in [1.82, 2.24) is 4.90 Å². The monoisotopic (exact) mass is 357 g/mol. The van der Waals surface area contributed by atoms with Crippen LogP contribution in [0.5, 0.6) is 5.75 Å². The summed E-state index contributed by atoms with van der Waals surface area (Å²) >= 11 is 6.05. The van der Waals surface area contributed by atoms with Gasteiger partial charge in [-0.2, -0.15) is 0 Å². The van der Waals surface area contributed by atoms with Crippen LogP contribution >= 0.6 is 11.6 Å². The molecular formula is C20H20ClNO3. The van der Waals surface area contributed by atoms with Gasteiger partial charge in [0, 0.05) is 23.0 Å². The summed E-state index contributed by atoms with van der Waals surface area (Å²) in [5.74, 6) is 0.590. The molecule has 2 aromatic carbocycles. The van der Waals surface area contributed by atoms with Gasteiger partial charge in [-0.25, -0.2) is 0 Å². The van der Waals surface area contributed by atoms with E-state index in [1.54, 1.807) is 0 Å². The van der Waals surface area contributed by atoms with E-state index in [1.807, 2.05) is 48.5 Å². The second-order valence-corrected chi connectivity index (χ2v) is 7.24. The standard InChI is InChI=1S/C20H20ClNO3/c1-22-11-16(13-7-9-14(21)10-8-13)20(19(23)24-2)12-25-17-6-4-3-5-15(17)18(20)22/h3-10,16,18H,11-12H2,1-2H3. The smallest absolute Gasteiger partial charge is 0.317 e. The zero-order valence-corrected chi connectivity index (χ0v) is 15.0. The normalized spacial score (nSPS) is 28.0. The summed E-state index contributed by atoms with van der Waals surface area (Å²) in [4.78, 5) is 15.3. The number of likely N-dealkylation sites (N-methyl/N-ethyl adjacent to an activating group) is 1. The average molecular weight is 358 g/mol. The fraction of sp³-hybridized carbons (Fsp3) is 0.350. The predicted octanol–water partition coefficient (Wildman–Crippen LogP) is 3.66. The van der Waals surface area contributed by atoms with Crippen molar-refractivity contribution in [3.05, 3.63) is 64.7 Å². The lowest BCUT2D eigenvalue weighted by Gasteiger charge is -2.42. The van der Waals surface area contributed by atoms with Crippen molar-refractivity contribution >= 4 is 17.6 Å². The Bertz CT molecular complexity index is 807. The van der Waals surface area contributed by atoms with Gasteiger partial charge >= 0.3 is 5.97 Å². The number of carbonyl (C=O) groups is 1. The maximum atomic E-state index is 13.0. The zero-order chi connectivity index (χ0) is 17.6. The number of para-hydroxylation sites is 1. The first kappa shape index (κ1) is 16.4. The van der Waals surface area contributed by atoms with Crippen molar-refractivity contribution in [2.75, 3.05) is 27.3 Å². The largest absolute Gasteiger partial charge is 0.492 e. The lowest BCUT2D eigenvalue weighted by Crippen LogP contribution is -2.48. The van der Waals surface area contributed by atoms with Gasteiger partial charge in [0.2, 0.25) is 0 Å². The number of methoxy groups -OCH3 is 1. The van der Waals surface area contributed by atoms with Gasteiger partial charge in [-0.15, -0.1) is 0 Å². The van der Waals surface area contributed by atoms with Crippen LogP contribution in [-0.4, -0.2) is 38.2 Å². The lowest BCUT2D eigenvalue weighted by molar-refractivity contribution is -0.159. The van der Waals surface area contributed by atoms with E-state index in [0.717, 1.165) is 23.4 Å². The first-order valence-electron chi connectivity index (χ1n) is 8.34. The second kappa shape index (κ2) is 6.04. The maximum absolute atomic E-state index is 13.0. The fourth-order valence-electron chi connectivity index (χ4n) is 4.47. The molecule has 2 heterocycles. The number of hydrogen-bond acceptors (Lipinski definition) is 4. The first-order valence-corrected chi connectivity index (χ1v) is 8.71. The van der Waals surface area contributed by atoms with E-state index < -0.39 is 5.41 Å². The third-order valence-electron chi connectivity index (χ3n) is 5.54. The molecule has 3 unspecified atom stereocenters. The van der Waals surface area contributed by atoms with E-state index in [-0.39, 0.29) is 17.9 Å². The van der Waals surface area contributed by atoms with Crippen LogP contribution in [-0.2, 0) is 9.53 Å². The summed E-state index contributed by atoms with van der Waals surface area (Å²) in [7, 11) is 3.51. The van der Waals surface area contributed by atoms with Crippen LogP contribution in [0.1, 0.15) is 23.1 Å². The van der Waals surface area contributed by atoms with Crippen molar-refractivity contribution < 1.29 is 14.3 Å². The molecule has 0 aliphatic carbocycles. The minimum Gasteiger partial charge on any atom is -0.492 e. The quantitative estimate of drug-likeness (QED) is 0.769. The highest BCUT2D eigenvalue weighted by atomic mass is 35.5. The molecule has 1 fully saturated rings. The first-order chi connectivity index (χ1) is 12.1. The maximum Gasteiger partial charge on any atom is 0.317 e. The van der Waals surface area contributed by atoms with Gasteiger partial charge in [0.15, 0.2) is 0 Å². The Morgan fingerprint density at radius 3 is 2.68 bits per heavy atom. The predicted molar refractivity (Wildman–Crippen MR) is 96.0 cm³/mol. The van der Waals surface area contributed by atoms with E-state index in [2.05, 4.69) is 11.9 Å². The molecule has 2 aliphatic heterocycles. The van der Waals surface area contributed by atoms with Crippen LogP contribution in [0.3, 0.4) is 0 Å². The van der Waals surface area contributed by atoms with Crippen molar-refractivity contribution in [2.24, 2.45) is 5.41 Å². The molecule has 1 saturated heterocycles. The highest BCUT2D eigenvalue weighted by Gasteiger charge is 2.62. The number of ether oxygens (including phenoxy) is 2. The molecule has 0 saturated carbocycles.